The third kappa shape index (κ3) is 7.39. The molecule has 15 heteroatoms. The van der Waals surface area contributed by atoms with E-state index in [0.29, 0.717) is 46.1 Å². The van der Waals surface area contributed by atoms with E-state index in [4.69, 9.17) is 9.72 Å². The van der Waals surface area contributed by atoms with Gasteiger partial charge < -0.3 is 4.74 Å². The Hall–Kier alpha value is -5.38. The Balaban J connectivity index is 0.000000157. The Labute approximate surface area is 321 Å². The summed E-state index contributed by atoms with van der Waals surface area (Å²) in [6, 6.07) is 18.7. The zero-order valence-electron chi connectivity index (χ0n) is 27.9. The van der Waals surface area contributed by atoms with Gasteiger partial charge >= 0.3 is 0 Å². The molecular weight excluding hydrogens is 832 g/mol. The van der Waals surface area contributed by atoms with Crippen molar-refractivity contribution in [1.82, 2.24) is 39.9 Å². The summed E-state index contributed by atoms with van der Waals surface area (Å²) in [5.41, 5.74) is 7.79. The first kappa shape index (κ1) is 35.6. The fourth-order valence-electron chi connectivity index (χ4n) is 6.13. The van der Waals surface area contributed by atoms with Crippen LogP contribution in [0, 0.1) is 23.3 Å². The van der Waals surface area contributed by atoms with Gasteiger partial charge in [0.05, 0.1) is 45.3 Å². The van der Waals surface area contributed by atoms with Crippen LogP contribution in [0.15, 0.2) is 107 Å². The highest BCUT2D eigenvalue weighted by molar-refractivity contribution is 9.10. The van der Waals surface area contributed by atoms with Crippen LogP contribution < -0.4 is 0 Å². The molecule has 270 valence electrons. The van der Waals surface area contributed by atoms with Crippen molar-refractivity contribution >= 4 is 53.9 Å². The Morgan fingerprint density at radius 3 is 1.87 bits per heavy atom. The summed E-state index contributed by atoms with van der Waals surface area (Å²) in [6.45, 7) is 0.675. The van der Waals surface area contributed by atoms with Crippen LogP contribution in [0.3, 0.4) is 0 Å². The molecule has 0 bridgehead atoms. The van der Waals surface area contributed by atoms with Crippen molar-refractivity contribution in [2.75, 3.05) is 6.61 Å². The number of rotatable bonds is 5. The normalized spacial score (nSPS) is 14.3. The molecule has 0 radical (unpaired) electrons. The number of nitrogens with one attached hydrogen (secondary N) is 1. The third-order valence-electron chi connectivity index (χ3n) is 8.78. The van der Waals surface area contributed by atoms with E-state index >= 15 is 0 Å². The molecule has 0 aliphatic carbocycles. The number of hydrogen-bond donors (Lipinski definition) is 1. The smallest absolute Gasteiger partial charge is 0.159 e. The van der Waals surface area contributed by atoms with Gasteiger partial charge in [0.1, 0.15) is 11.9 Å². The molecular formula is C39H26Br2F4N8O. The molecule has 1 saturated heterocycles. The maximum atomic E-state index is 13.9. The first-order valence-corrected chi connectivity index (χ1v) is 18.3. The monoisotopic (exact) mass is 856 g/mol. The van der Waals surface area contributed by atoms with Gasteiger partial charge in [0.25, 0.3) is 0 Å². The number of ether oxygens (including phenoxy) is 1. The number of nitrogens with zero attached hydrogens (tertiary/aromatic N) is 7. The second kappa shape index (κ2) is 15.2. The van der Waals surface area contributed by atoms with E-state index in [1.165, 1.54) is 12.1 Å². The number of pyridine rings is 4. The molecule has 0 saturated carbocycles. The van der Waals surface area contributed by atoms with Crippen LogP contribution in [0.4, 0.5) is 17.6 Å². The summed E-state index contributed by atoms with van der Waals surface area (Å²) in [5, 5.41) is 11.5. The molecule has 6 aromatic heterocycles. The highest BCUT2D eigenvalue weighted by Crippen LogP contribution is 2.35. The second-order valence-corrected chi connectivity index (χ2v) is 14.2. The highest BCUT2D eigenvalue weighted by Gasteiger charge is 2.22. The fourth-order valence-corrected chi connectivity index (χ4v) is 6.77. The predicted molar refractivity (Wildman–Crippen MR) is 203 cm³/mol. The van der Waals surface area contributed by atoms with Crippen molar-refractivity contribution in [3.05, 3.63) is 130 Å². The van der Waals surface area contributed by atoms with Crippen molar-refractivity contribution in [1.29, 1.82) is 0 Å². The van der Waals surface area contributed by atoms with Crippen LogP contribution in [0.2, 0.25) is 0 Å². The van der Waals surface area contributed by atoms with Crippen LogP contribution >= 0.6 is 31.9 Å². The molecule has 1 N–H and O–H groups in total. The molecule has 0 amide bonds. The molecule has 1 unspecified atom stereocenters. The summed E-state index contributed by atoms with van der Waals surface area (Å²) >= 11 is 6.80. The summed E-state index contributed by atoms with van der Waals surface area (Å²) in [4.78, 5) is 18.0. The minimum absolute atomic E-state index is 0.187. The average Bonchev–Trinajstić information content (AvgIpc) is 3.86. The Bertz CT molecular complexity index is 2660. The number of benzene rings is 2. The summed E-state index contributed by atoms with van der Waals surface area (Å²) in [7, 11) is 0. The summed E-state index contributed by atoms with van der Waals surface area (Å²) in [5.74, 6) is -3.61. The largest absolute Gasteiger partial charge is 0.357 e. The first-order chi connectivity index (χ1) is 26.2. The van der Waals surface area contributed by atoms with E-state index in [1.807, 2.05) is 42.6 Å². The van der Waals surface area contributed by atoms with Crippen molar-refractivity contribution in [2.45, 2.75) is 25.5 Å². The number of aromatic amines is 1. The highest BCUT2D eigenvalue weighted by atomic mass is 79.9. The van der Waals surface area contributed by atoms with Gasteiger partial charge in [-0.3, -0.25) is 15.1 Å². The molecule has 1 atom stereocenters. The molecule has 1 fully saturated rings. The Morgan fingerprint density at radius 2 is 1.26 bits per heavy atom. The molecule has 7 heterocycles. The lowest BCUT2D eigenvalue weighted by Gasteiger charge is -2.22. The van der Waals surface area contributed by atoms with Gasteiger partial charge in [-0.05, 0) is 124 Å². The molecule has 1 aliphatic rings. The zero-order valence-corrected chi connectivity index (χ0v) is 31.1. The molecule has 9 nitrogen and oxygen atoms in total. The van der Waals surface area contributed by atoms with Crippen molar-refractivity contribution in [3.63, 3.8) is 0 Å². The van der Waals surface area contributed by atoms with Gasteiger partial charge in [0.15, 0.2) is 23.3 Å². The molecule has 8 aromatic rings. The lowest BCUT2D eigenvalue weighted by Crippen LogP contribution is -2.18. The van der Waals surface area contributed by atoms with Gasteiger partial charge in [-0.1, -0.05) is 0 Å². The van der Waals surface area contributed by atoms with Gasteiger partial charge in [-0.15, -0.1) is 0 Å². The van der Waals surface area contributed by atoms with E-state index in [2.05, 4.69) is 62.1 Å². The van der Waals surface area contributed by atoms with Gasteiger partial charge in [-0.2, -0.15) is 10.2 Å². The third-order valence-corrected chi connectivity index (χ3v) is 9.65. The average molecular weight is 858 g/mol. The second-order valence-electron chi connectivity index (χ2n) is 12.4. The lowest BCUT2D eigenvalue weighted by molar-refractivity contribution is -0.0393. The minimum atomic E-state index is -0.915. The molecule has 1 aliphatic heterocycles. The zero-order chi connectivity index (χ0) is 37.3. The number of halogens is 6. The number of hydrogen-bond acceptors (Lipinski definition) is 7. The van der Waals surface area contributed by atoms with Gasteiger partial charge in [0, 0.05) is 56.4 Å². The van der Waals surface area contributed by atoms with Crippen LogP contribution in [-0.2, 0) is 4.74 Å². The lowest BCUT2D eigenvalue weighted by atomic mass is 10.0. The predicted octanol–water partition coefficient (Wildman–Crippen LogP) is 10.6. The van der Waals surface area contributed by atoms with Crippen LogP contribution in [0.25, 0.3) is 67.1 Å². The van der Waals surface area contributed by atoms with E-state index in [1.54, 1.807) is 23.3 Å². The maximum absolute atomic E-state index is 13.9. The van der Waals surface area contributed by atoms with Crippen LogP contribution in [-0.4, -0.2) is 46.5 Å². The molecule has 54 heavy (non-hydrogen) atoms. The molecule has 0 spiro atoms. The van der Waals surface area contributed by atoms with Gasteiger partial charge in [-0.25, -0.2) is 32.2 Å². The fraction of sp³-hybridized carbons (Fsp3) is 0.128. The Morgan fingerprint density at radius 1 is 0.648 bits per heavy atom. The standard InChI is InChI=1S/C22H17BrF2N4O.C17H9BrF2N4/c23-14-10-20-19(26-11-14)7-6-18(27-20)15-12-29(21-3-1-2-8-30-21)28-22(15)13-4-5-16(24)17(25)9-13;18-10-6-16-15(21-7-10)4-3-14(23-16)11-8-22-24-17(11)9-1-2-12(19)13(20)5-9/h4-7,9-12,21H,1-3,8H2;1-8H,(H,22,24). The SMILES string of the molecule is Fc1ccc(-c2[nH]ncc2-c2ccc3ncc(Br)cc3n2)cc1F.Fc1ccc(-c2nn(C3CCCCO3)cc2-c2ccc3ncc(Br)cc3n2)cc1F. The minimum Gasteiger partial charge on any atom is -0.357 e. The number of fused-ring (bicyclic) bond motifs is 2. The van der Waals surface area contributed by atoms with E-state index in [-0.39, 0.29) is 6.23 Å². The quantitative estimate of drug-likeness (QED) is 0.172. The van der Waals surface area contributed by atoms with E-state index in [0.717, 1.165) is 80.1 Å². The summed E-state index contributed by atoms with van der Waals surface area (Å²) in [6.07, 6.45) is 9.63. The number of aromatic nitrogens is 8. The van der Waals surface area contributed by atoms with Crippen molar-refractivity contribution in [2.24, 2.45) is 0 Å². The first-order valence-electron chi connectivity index (χ1n) is 16.7. The maximum Gasteiger partial charge on any atom is 0.159 e. The van der Waals surface area contributed by atoms with Gasteiger partial charge in [0.2, 0.25) is 0 Å². The summed E-state index contributed by atoms with van der Waals surface area (Å²) < 4.78 is 63.4. The molecule has 9 rings (SSSR count). The topological polar surface area (TPSA) is 107 Å². The van der Waals surface area contributed by atoms with Crippen LogP contribution in [0.1, 0.15) is 25.5 Å². The van der Waals surface area contributed by atoms with E-state index < -0.39 is 23.3 Å². The van der Waals surface area contributed by atoms with Crippen molar-refractivity contribution in [3.8, 4) is 45.0 Å². The van der Waals surface area contributed by atoms with E-state index in [9.17, 15) is 17.6 Å². The number of H-pyrrole nitrogens is 1. The van der Waals surface area contributed by atoms with Crippen LogP contribution in [0.5, 0.6) is 0 Å². The van der Waals surface area contributed by atoms with Crippen molar-refractivity contribution < 1.29 is 22.3 Å². The Kier molecular flexibility index (Phi) is 10.0. The molecule has 2 aromatic carbocycles.